The first-order valence-corrected chi connectivity index (χ1v) is 8.87. The minimum atomic E-state index is -0.678. The number of thioether (sulfide) groups is 1. The van der Waals surface area contributed by atoms with Crippen molar-refractivity contribution in [2.45, 2.75) is 25.3 Å². The number of hydrogen-bond acceptors (Lipinski definition) is 3. The summed E-state index contributed by atoms with van der Waals surface area (Å²) in [4.78, 5) is 23.0. The van der Waals surface area contributed by atoms with Crippen LogP contribution in [0.1, 0.15) is 18.4 Å². The van der Waals surface area contributed by atoms with Crippen LogP contribution in [0.3, 0.4) is 0 Å². The second kappa shape index (κ2) is 10.3. The molecular formula is C15H22ClN3O2S. The van der Waals surface area contributed by atoms with Gasteiger partial charge in [0.15, 0.2) is 0 Å². The van der Waals surface area contributed by atoms with Gasteiger partial charge in [0.05, 0.1) is 0 Å². The van der Waals surface area contributed by atoms with Crippen LogP contribution in [0, 0.1) is 0 Å². The van der Waals surface area contributed by atoms with Crippen LogP contribution in [0.15, 0.2) is 24.3 Å². The first kappa shape index (κ1) is 18.6. The van der Waals surface area contributed by atoms with Gasteiger partial charge in [0.1, 0.15) is 6.04 Å². The van der Waals surface area contributed by atoms with E-state index in [1.165, 1.54) is 5.56 Å². The Kier molecular flexibility index (Phi) is 8.77. The molecule has 1 rings (SSSR count). The van der Waals surface area contributed by atoms with E-state index in [9.17, 15) is 9.59 Å². The Morgan fingerprint density at radius 2 is 2.00 bits per heavy atom. The van der Waals surface area contributed by atoms with Crippen molar-refractivity contribution in [2.75, 3.05) is 18.6 Å². The fraction of sp³-hybridized carbons (Fsp3) is 0.467. The normalized spacial score (nSPS) is 11.7. The highest BCUT2D eigenvalue weighted by Gasteiger charge is 2.18. The Bertz CT molecular complexity index is 482. The first-order chi connectivity index (χ1) is 10.5. The lowest BCUT2D eigenvalue weighted by molar-refractivity contribution is -0.122. The van der Waals surface area contributed by atoms with Gasteiger partial charge in [-0.2, -0.15) is 11.8 Å². The summed E-state index contributed by atoms with van der Waals surface area (Å²) in [6, 6.07) is 6.40. The van der Waals surface area contributed by atoms with Crippen LogP contribution in [-0.4, -0.2) is 36.5 Å². The van der Waals surface area contributed by atoms with Crippen LogP contribution in [-0.2, 0) is 11.2 Å². The van der Waals surface area contributed by atoms with E-state index in [4.69, 9.17) is 17.3 Å². The number of urea groups is 1. The molecule has 0 bridgehead atoms. The molecule has 0 aliphatic heterocycles. The molecule has 0 saturated heterocycles. The highest BCUT2D eigenvalue weighted by atomic mass is 35.5. The van der Waals surface area contributed by atoms with E-state index in [2.05, 4.69) is 10.6 Å². The maximum absolute atomic E-state index is 12.0. The number of hydrogen-bond donors (Lipinski definition) is 3. The van der Waals surface area contributed by atoms with Crippen molar-refractivity contribution in [3.8, 4) is 0 Å². The molecular weight excluding hydrogens is 322 g/mol. The molecule has 0 radical (unpaired) electrons. The van der Waals surface area contributed by atoms with Crippen molar-refractivity contribution in [1.82, 2.24) is 10.6 Å². The summed E-state index contributed by atoms with van der Waals surface area (Å²) in [6.07, 6.45) is 4.19. The van der Waals surface area contributed by atoms with Gasteiger partial charge >= 0.3 is 6.03 Å². The molecule has 3 amide bonds. The molecule has 22 heavy (non-hydrogen) atoms. The molecule has 0 aliphatic rings. The molecule has 5 nitrogen and oxygen atoms in total. The molecule has 0 fully saturated rings. The number of aryl methyl sites for hydroxylation is 1. The molecule has 0 spiro atoms. The molecule has 1 atom stereocenters. The Hall–Kier alpha value is -1.40. The van der Waals surface area contributed by atoms with E-state index in [0.717, 1.165) is 18.6 Å². The summed E-state index contributed by atoms with van der Waals surface area (Å²) in [6.45, 7) is 0.553. The summed E-state index contributed by atoms with van der Waals surface area (Å²) in [7, 11) is 0. The van der Waals surface area contributed by atoms with E-state index in [-0.39, 0.29) is 5.91 Å². The minimum absolute atomic E-state index is 0.191. The fourth-order valence-electron chi connectivity index (χ4n) is 1.95. The van der Waals surface area contributed by atoms with Gasteiger partial charge in [-0.25, -0.2) is 4.79 Å². The number of carbonyl (C=O) groups excluding carboxylic acids is 2. The van der Waals surface area contributed by atoms with E-state index in [1.54, 1.807) is 11.8 Å². The van der Waals surface area contributed by atoms with Crippen molar-refractivity contribution in [3.63, 3.8) is 0 Å². The van der Waals surface area contributed by atoms with Crippen LogP contribution in [0.2, 0.25) is 5.02 Å². The quantitative estimate of drug-likeness (QED) is 0.601. The first-order valence-electron chi connectivity index (χ1n) is 7.10. The van der Waals surface area contributed by atoms with Crippen LogP contribution in [0.5, 0.6) is 0 Å². The maximum atomic E-state index is 12.0. The topological polar surface area (TPSA) is 84.2 Å². The lowest BCUT2D eigenvalue weighted by Crippen LogP contribution is -2.49. The largest absolute Gasteiger partial charge is 0.354 e. The van der Waals surface area contributed by atoms with Gasteiger partial charge in [-0.05, 0) is 49.0 Å². The minimum Gasteiger partial charge on any atom is -0.354 e. The molecule has 1 aromatic rings. The highest BCUT2D eigenvalue weighted by Crippen LogP contribution is 2.10. The zero-order chi connectivity index (χ0) is 16.4. The number of nitrogens with one attached hydrogen (secondary N) is 2. The number of carbonyl (C=O) groups is 2. The lowest BCUT2D eigenvalue weighted by Gasteiger charge is -2.16. The summed E-state index contributed by atoms with van der Waals surface area (Å²) >= 11 is 7.45. The third kappa shape index (κ3) is 7.56. The smallest absolute Gasteiger partial charge is 0.312 e. The number of primary amides is 1. The average Bonchev–Trinajstić information content (AvgIpc) is 2.49. The molecule has 7 heteroatoms. The van der Waals surface area contributed by atoms with Crippen molar-refractivity contribution in [2.24, 2.45) is 5.73 Å². The third-order valence-electron chi connectivity index (χ3n) is 3.10. The third-order valence-corrected chi connectivity index (χ3v) is 3.99. The molecule has 4 N–H and O–H groups in total. The molecule has 0 unspecified atom stereocenters. The Morgan fingerprint density at radius 3 is 2.59 bits per heavy atom. The SMILES string of the molecule is CSCC[C@H](NC(N)=O)C(=O)NCCCc1ccc(Cl)cc1. The Labute approximate surface area is 140 Å². The second-order valence-corrected chi connectivity index (χ2v) is 6.29. The van der Waals surface area contributed by atoms with E-state index in [1.807, 2.05) is 30.5 Å². The van der Waals surface area contributed by atoms with Crippen LogP contribution in [0.4, 0.5) is 4.79 Å². The maximum Gasteiger partial charge on any atom is 0.312 e. The molecule has 0 heterocycles. The Morgan fingerprint density at radius 1 is 1.32 bits per heavy atom. The average molecular weight is 344 g/mol. The van der Waals surface area contributed by atoms with Crippen LogP contribution >= 0.6 is 23.4 Å². The predicted octanol–water partition coefficient (Wildman–Crippen LogP) is 2.18. The summed E-state index contributed by atoms with van der Waals surface area (Å²) in [5.74, 6) is 0.590. The van der Waals surface area contributed by atoms with Crippen LogP contribution < -0.4 is 16.4 Å². The highest BCUT2D eigenvalue weighted by molar-refractivity contribution is 7.98. The van der Waals surface area contributed by atoms with Gasteiger partial charge in [-0.15, -0.1) is 0 Å². The predicted molar refractivity (Wildman–Crippen MR) is 92.3 cm³/mol. The van der Waals surface area contributed by atoms with Crippen LogP contribution in [0.25, 0.3) is 0 Å². The second-order valence-electron chi connectivity index (χ2n) is 4.86. The number of rotatable bonds is 9. The zero-order valence-corrected chi connectivity index (χ0v) is 14.2. The van der Waals surface area contributed by atoms with Gasteiger partial charge in [-0.3, -0.25) is 4.79 Å². The van der Waals surface area contributed by atoms with E-state index in [0.29, 0.717) is 18.0 Å². The molecule has 0 aliphatic carbocycles. The molecule has 1 aromatic carbocycles. The van der Waals surface area contributed by atoms with E-state index < -0.39 is 12.1 Å². The Balaban J connectivity index is 2.32. The van der Waals surface area contributed by atoms with Gasteiger partial charge in [-0.1, -0.05) is 23.7 Å². The number of nitrogens with two attached hydrogens (primary N) is 1. The monoisotopic (exact) mass is 343 g/mol. The van der Waals surface area contributed by atoms with Gasteiger partial charge in [0.2, 0.25) is 5.91 Å². The number of amides is 3. The van der Waals surface area contributed by atoms with Crippen molar-refractivity contribution < 1.29 is 9.59 Å². The molecule has 0 aromatic heterocycles. The van der Waals surface area contributed by atoms with Gasteiger partial charge in [0.25, 0.3) is 0 Å². The van der Waals surface area contributed by atoms with Gasteiger partial charge < -0.3 is 16.4 Å². The molecule has 122 valence electrons. The fourth-order valence-corrected chi connectivity index (χ4v) is 2.55. The summed E-state index contributed by atoms with van der Waals surface area (Å²) in [5, 5.41) is 6.03. The number of halogens is 1. The molecule has 0 saturated carbocycles. The zero-order valence-electron chi connectivity index (χ0n) is 12.6. The van der Waals surface area contributed by atoms with Crippen molar-refractivity contribution >= 4 is 35.3 Å². The van der Waals surface area contributed by atoms with Crippen molar-refractivity contribution in [1.29, 1.82) is 0 Å². The number of benzene rings is 1. The van der Waals surface area contributed by atoms with Crippen molar-refractivity contribution in [3.05, 3.63) is 34.9 Å². The standard InChI is InChI=1S/C15H22ClN3O2S/c1-22-10-8-13(19-15(17)21)14(20)18-9-2-3-11-4-6-12(16)7-5-11/h4-7,13H,2-3,8-10H2,1H3,(H,18,20)(H3,17,19,21)/t13-/m0/s1. The van der Waals surface area contributed by atoms with E-state index >= 15 is 0 Å². The summed E-state index contributed by atoms with van der Waals surface area (Å²) in [5.41, 5.74) is 6.27. The summed E-state index contributed by atoms with van der Waals surface area (Å²) < 4.78 is 0. The van der Waals surface area contributed by atoms with Gasteiger partial charge in [0, 0.05) is 11.6 Å². The lowest BCUT2D eigenvalue weighted by atomic mass is 10.1.